The topological polar surface area (TPSA) is 126 Å². The first-order chi connectivity index (χ1) is 23.5. The van der Waals surface area contributed by atoms with Gasteiger partial charge in [0.2, 0.25) is 0 Å². The number of nitrogens with two attached hydrogens (primary N) is 1. The summed E-state index contributed by atoms with van der Waals surface area (Å²) < 4.78 is 17.4. The molecule has 12 nitrogen and oxygen atoms in total. The molecule has 12 heteroatoms. The van der Waals surface area contributed by atoms with E-state index in [2.05, 4.69) is 44.6 Å². The van der Waals surface area contributed by atoms with Crippen LogP contribution < -0.4 is 10.5 Å². The highest BCUT2D eigenvalue weighted by Crippen LogP contribution is 2.49. The van der Waals surface area contributed by atoms with Crippen molar-refractivity contribution in [3.63, 3.8) is 0 Å². The smallest absolute Gasteiger partial charge is 0.258 e. The van der Waals surface area contributed by atoms with E-state index in [1.807, 2.05) is 29.2 Å². The molecule has 1 saturated heterocycles. The Morgan fingerprint density at radius 2 is 1.79 bits per heavy atom. The predicted molar refractivity (Wildman–Crippen MR) is 185 cm³/mol. The lowest BCUT2D eigenvalue weighted by molar-refractivity contribution is 0.0360. The number of aromatic nitrogens is 7. The molecule has 0 bridgehead atoms. The van der Waals surface area contributed by atoms with Crippen LogP contribution in [0, 0.1) is 0 Å². The van der Waals surface area contributed by atoms with Gasteiger partial charge in [0, 0.05) is 84.4 Å². The van der Waals surface area contributed by atoms with E-state index in [1.54, 1.807) is 7.11 Å². The van der Waals surface area contributed by atoms with Gasteiger partial charge in [-0.05, 0) is 50.7 Å². The minimum absolute atomic E-state index is 0.437. The van der Waals surface area contributed by atoms with Crippen molar-refractivity contribution in [1.29, 1.82) is 0 Å². The van der Waals surface area contributed by atoms with Crippen LogP contribution in [0.2, 0.25) is 0 Å². The summed E-state index contributed by atoms with van der Waals surface area (Å²) in [7, 11) is 3.79. The van der Waals surface area contributed by atoms with Gasteiger partial charge in [-0.2, -0.15) is 5.10 Å². The third-order valence-corrected chi connectivity index (χ3v) is 10.2. The number of ether oxygens (including phenoxy) is 2. The third-order valence-electron chi connectivity index (χ3n) is 10.2. The summed E-state index contributed by atoms with van der Waals surface area (Å²) in [6.07, 6.45) is 12.8. The largest absolute Gasteiger partial charge is 0.478 e. The number of morpholine rings is 1. The van der Waals surface area contributed by atoms with Gasteiger partial charge in [0.05, 0.1) is 50.5 Å². The van der Waals surface area contributed by atoms with E-state index in [0.29, 0.717) is 35.1 Å². The maximum absolute atomic E-state index is 6.66. The van der Waals surface area contributed by atoms with Gasteiger partial charge in [0.15, 0.2) is 5.65 Å². The van der Waals surface area contributed by atoms with Crippen LogP contribution in [0.3, 0.4) is 0 Å². The highest BCUT2D eigenvalue weighted by atomic mass is 16.5. The Morgan fingerprint density at radius 3 is 2.54 bits per heavy atom. The van der Waals surface area contributed by atoms with Crippen LogP contribution in [0.1, 0.15) is 73.4 Å². The lowest BCUT2D eigenvalue weighted by Gasteiger charge is -2.26. The molecule has 4 aromatic heterocycles. The second kappa shape index (κ2) is 11.9. The molecule has 1 aromatic carbocycles. The zero-order chi connectivity index (χ0) is 32.4. The molecule has 4 fully saturated rings. The second-order valence-electron chi connectivity index (χ2n) is 13.8. The molecule has 0 amide bonds. The van der Waals surface area contributed by atoms with E-state index in [9.17, 15) is 0 Å². The normalized spacial score (nSPS) is 18.8. The Bertz CT molecular complexity index is 2020. The number of hydrogen-bond donors (Lipinski definition) is 1. The van der Waals surface area contributed by atoms with Crippen LogP contribution >= 0.6 is 0 Å². The lowest BCUT2D eigenvalue weighted by atomic mass is 10.0. The SMILES string of the molecule is COc1nn(C2CC2)cc1N=Cc1c(N)cccc1-c1nc(-c2cc3cn(CCN4CCOCC4)nc3nc2C2CC2)n(C)c1C1CC1. The van der Waals surface area contributed by atoms with Crippen LogP contribution in [-0.4, -0.2) is 85.2 Å². The minimum atomic E-state index is 0.437. The molecule has 9 rings (SSSR count). The zero-order valence-electron chi connectivity index (χ0n) is 27.7. The maximum Gasteiger partial charge on any atom is 0.258 e. The van der Waals surface area contributed by atoms with Crippen LogP contribution in [0.25, 0.3) is 33.7 Å². The van der Waals surface area contributed by atoms with Crippen LogP contribution in [0.4, 0.5) is 11.4 Å². The Balaban J connectivity index is 1.10. The quantitative estimate of drug-likeness (QED) is 0.148. The van der Waals surface area contributed by atoms with Gasteiger partial charge in [0.25, 0.3) is 5.88 Å². The van der Waals surface area contributed by atoms with Gasteiger partial charge in [0.1, 0.15) is 11.5 Å². The highest BCUT2D eigenvalue weighted by molar-refractivity contribution is 5.97. The van der Waals surface area contributed by atoms with E-state index >= 15 is 0 Å². The molecule has 5 aromatic rings. The minimum Gasteiger partial charge on any atom is -0.478 e. The number of imidazole rings is 1. The number of fused-ring (bicyclic) bond motifs is 1. The maximum atomic E-state index is 6.66. The summed E-state index contributed by atoms with van der Waals surface area (Å²) >= 11 is 0. The molecule has 248 valence electrons. The van der Waals surface area contributed by atoms with Gasteiger partial charge >= 0.3 is 0 Å². The molecule has 1 aliphatic heterocycles. The number of nitrogen functional groups attached to an aromatic ring is 1. The number of hydrogen-bond acceptors (Lipinski definition) is 9. The van der Waals surface area contributed by atoms with Crippen LogP contribution in [0.15, 0.2) is 41.7 Å². The van der Waals surface area contributed by atoms with Crippen molar-refractivity contribution < 1.29 is 9.47 Å². The summed E-state index contributed by atoms with van der Waals surface area (Å²) in [6, 6.07) is 8.75. The molecule has 0 spiro atoms. The van der Waals surface area contributed by atoms with Crippen molar-refractivity contribution in [3.05, 3.63) is 53.6 Å². The standard InChI is InChI=1S/C36H42N10O2/c1-43-33(23-8-9-23)32(26-4-3-5-29(37)28(26)19-38-30-21-46(25-10-11-25)42-36(30)47-2)40-35(43)27-18-24-20-45(13-12-44-14-16-48-17-15-44)41-34(24)39-31(27)22-6-7-22/h3-5,18-23,25H,6-17,37H2,1-2H3. The fourth-order valence-electron chi connectivity index (χ4n) is 7.02. The van der Waals surface area contributed by atoms with Gasteiger partial charge in [-0.15, -0.1) is 5.10 Å². The summed E-state index contributed by atoms with van der Waals surface area (Å²) in [5.41, 5.74) is 15.1. The molecule has 2 N–H and O–H groups in total. The van der Waals surface area contributed by atoms with Crippen molar-refractivity contribution in [1.82, 2.24) is 39.0 Å². The number of methoxy groups -OCH3 is 1. The first kappa shape index (κ1) is 29.6. The van der Waals surface area contributed by atoms with Crippen molar-refractivity contribution >= 4 is 28.6 Å². The lowest BCUT2D eigenvalue weighted by Crippen LogP contribution is -2.38. The van der Waals surface area contributed by atoms with Crippen molar-refractivity contribution in [3.8, 4) is 28.5 Å². The number of rotatable bonds is 11. The Hall–Kier alpha value is -4.55. The molecule has 0 unspecified atom stereocenters. The zero-order valence-corrected chi connectivity index (χ0v) is 27.7. The molecule has 3 aliphatic carbocycles. The van der Waals surface area contributed by atoms with Crippen LogP contribution in [-0.2, 0) is 18.3 Å². The van der Waals surface area contributed by atoms with Gasteiger partial charge in [-0.25, -0.2) is 15.0 Å². The Labute approximate surface area is 279 Å². The summed E-state index contributed by atoms with van der Waals surface area (Å²) in [6.45, 7) is 5.33. The first-order valence-corrected chi connectivity index (χ1v) is 17.4. The summed E-state index contributed by atoms with van der Waals surface area (Å²) in [5, 5.41) is 10.5. The molecular formula is C36H42N10O2. The van der Waals surface area contributed by atoms with E-state index < -0.39 is 0 Å². The van der Waals surface area contributed by atoms with E-state index in [0.717, 1.165) is 123 Å². The number of anilines is 1. The molecule has 0 atom stereocenters. The molecular weight excluding hydrogens is 604 g/mol. The van der Waals surface area contributed by atoms with E-state index in [4.69, 9.17) is 35.3 Å². The fourth-order valence-corrected chi connectivity index (χ4v) is 7.02. The van der Waals surface area contributed by atoms with E-state index in [1.165, 1.54) is 5.69 Å². The second-order valence-corrected chi connectivity index (χ2v) is 13.8. The molecule has 4 aliphatic rings. The predicted octanol–water partition coefficient (Wildman–Crippen LogP) is 5.46. The number of nitrogens with zero attached hydrogens (tertiary/aromatic N) is 9. The van der Waals surface area contributed by atoms with Gasteiger partial charge < -0.3 is 19.8 Å². The monoisotopic (exact) mass is 646 g/mol. The number of benzene rings is 1. The highest BCUT2D eigenvalue weighted by Gasteiger charge is 2.35. The molecule has 0 radical (unpaired) electrons. The van der Waals surface area contributed by atoms with E-state index in [-0.39, 0.29) is 0 Å². The molecule has 5 heterocycles. The average Bonchev–Trinajstić information content (AvgIpc) is 4.03. The van der Waals surface area contributed by atoms with Gasteiger partial charge in [-0.3, -0.25) is 14.3 Å². The van der Waals surface area contributed by atoms with Crippen molar-refractivity contribution in [2.24, 2.45) is 12.0 Å². The third kappa shape index (κ3) is 5.56. The molecule has 48 heavy (non-hydrogen) atoms. The Morgan fingerprint density at radius 1 is 0.979 bits per heavy atom. The van der Waals surface area contributed by atoms with Crippen molar-refractivity contribution in [2.75, 3.05) is 45.7 Å². The van der Waals surface area contributed by atoms with Gasteiger partial charge in [-0.1, -0.05) is 12.1 Å². The average molecular weight is 647 g/mol. The number of aliphatic imine (C=N–C) groups is 1. The van der Waals surface area contributed by atoms with Crippen LogP contribution in [0.5, 0.6) is 5.88 Å². The van der Waals surface area contributed by atoms with Crippen molar-refractivity contribution in [2.45, 2.75) is 62.9 Å². The summed E-state index contributed by atoms with van der Waals surface area (Å²) in [4.78, 5) is 17.9. The number of pyridine rings is 1. The first-order valence-electron chi connectivity index (χ1n) is 17.4. The summed E-state index contributed by atoms with van der Waals surface area (Å²) in [5.74, 6) is 2.36. The fraction of sp³-hybridized carbons (Fsp3) is 0.472. The molecule has 3 saturated carbocycles. The Kier molecular flexibility index (Phi) is 7.30.